The molecule has 1 aromatic carbocycles. The van der Waals surface area contributed by atoms with Crippen LogP contribution in [0.4, 0.5) is 5.69 Å². The van der Waals surface area contributed by atoms with Gasteiger partial charge in [-0.25, -0.2) is 0 Å². The number of carbonyl (C=O) groups excluding carboxylic acids is 2. The van der Waals surface area contributed by atoms with E-state index < -0.39 is 17.3 Å². The van der Waals surface area contributed by atoms with Crippen LogP contribution in [-0.2, 0) is 14.3 Å². The Balaban J connectivity index is 1.37. The number of thioether (sulfide) groups is 1. The molecule has 3 heterocycles. The van der Waals surface area contributed by atoms with Crippen LogP contribution >= 0.6 is 23.1 Å². The van der Waals surface area contributed by atoms with Gasteiger partial charge in [-0.1, -0.05) is 18.2 Å². The van der Waals surface area contributed by atoms with Crippen LogP contribution < -0.4 is 5.32 Å². The molecule has 0 unspecified atom stereocenters. The highest BCUT2D eigenvalue weighted by Gasteiger charge is 2.30. The summed E-state index contributed by atoms with van der Waals surface area (Å²) in [6.45, 7) is 1.66. The fourth-order valence-corrected chi connectivity index (χ4v) is 4.31. The Morgan fingerprint density at radius 2 is 2.15 bits per heavy atom. The molecule has 1 aliphatic heterocycles. The van der Waals surface area contributed by atoms with Crippen molar-refractivity contribution < 1.29 is 18.7 Å². The number of anilines is 1. The minimum Gasteiger partial charge on any atom is -0.453 e. The number of fused-ring (bicyclic) bond motifs is 1. The molecule has 1 N–H and O–H groups in total. The Morgan fingerprint density at radius 1 is 1.30 bits per heavy atom. The fraction of sp³-hybridized carbons (Fsp3) is 0.222. The first-order valence-electron chi connectivity index (χ1n) is 8.23. The lowest BCUT2D eigenvalue weighted by Gasteiger charge is -2.23. The second kappa shape index (κ2) is 7.53. The van der Waals surface area contributed by atoms with Crippen molar-refractivity contribution in [2.24, 2.45) is 0 Å². The van der Waals surface area contributed by atoms with Gasteiger partial charge in [-0.05, 0) is 30.5 Å². The van der Waals surface area contributed by atoms with Crippen molar-refractivity contribution >= 4 is 40.7 Å². The van der Waals surface area contributed by atoms with Gasteiger partial charge in [-0.2, -0.15) is 0 Å². The second-order valence-corrected chi connectivity index (χ2v) is 8.04. The van der Waals surface area contributed by atoms with Gasteiger partial charge in [-0.15, -0.1) is 33.3 Å². The molecule has 9 heteroatoms. The number of nitrogens with zero attached hydrogens (tertiary/aromatic N) is 2. The summed E-state index contributed by atoms with van der Waals surface area (Å²) in [4.78, 5) is 26.3. The summed E-state index contributed by atoms with van der Waals surface area (Å²) in [5.74, 6) is -0.0916. The van der Waals surface area contributed by atoms with Gasteiger partial charge in [0.25, 0.3) is 11.8 Å². The molecular formula is C18H15N3O4S2. The number of rotatable bonds is 5. The van der Waals surface area contributed by atoms with Crippen molar-refractivity contribution in [3.8, 4) is 10.8 Å². The summed E-state index contributed by atoms with van der Waals surface area (Å²) in [6.07, 6.45) is -0.733. The number of nitrogens with one attached hydrogen (secondary N) is 1. The van der Waals surface area contributed by atoms with Crippen LogP contribution in [0.1, 0.15) is 25.3 Å². The monoisotopic (exact) mass is 401 g/mol. The van der Waals surface area contributed by atoms with Crippen LogP contribution in [0.15, 0.2) is 51.1 Å². The minimum absolute atomic E-state index is 0.0406. The molecule has 0 saturated heterocycles. The molecule has 0 bridgehead atoms. The van der Waals surface area contributed by atoms with E-state index in [4.69, 9.17) is 9.15 Å². The lowest BCUT2D eigenvalue weighted by Crippen LogP contribution is -2.31. The highest BCUT2D eigenvalue weighted by Crippen LogP contribution is 2.37. The van der Waals surface area contributed by atoms with Gasteiger partial charge in [0.1, 0.15) is 0 Å². The van der Waals surface area contributed by atoms with Gasteiger partial charge in [0.15, 0.2) is 6.10 Å². The molecule has 3 aromatic rings. The molecule has 138 valence electrons. The molecule has 0 radical (unpaired) electrons. The number of hydrogen-bond acceptors (Lipinski definition) is 8. The van der Waals surface area contributed by atoms with E-state index >= 15 is 0 Å². The Morgan fingerprint density at radius 3 is 2.96 bits per heavy atom. The zero-order valence-electron chi connectivity index (χ0n) is 14.2. The molecule has 1 aliphatic rings. The summed E-state index contributed by atoms with van der Waals surface area (Å²) in [6, 6.07) is 11.2. The molecule has 2 atom stereocenters. The van der Waals surface area contributed by atoms with E-state index in [1.54, 1.807) is 6.92 Å². The Kier molecular flexibility index (Phi) is 4.95. The Hall–Kier alpha value is -2.65. The third-order valence-electron chi connectivity index (χ3n) is 3.89. The first-order chi connectivity index (χ1) is 13.1. The number of esters is 1. The van der Waals surface area contributed by atoms with Gasteiger partial charge >= 0.3 is 5.97 Å². The van der Waals surface area contributed by atoms with Crippen LogP contribution in [0.25, 0.3) is 10.8 Å². The Bertz CT molecular complexity index is 971. The highest BCUT2D eigenvalue weighted by molar-refractivity contribution is 8.01. The maximum absolute atomic E-state index is 12.3. The van der Waals surface area contributed by atoms with Crippen molar-refractivity contribution in [1.82, 2.24) is 10.2 Å². The van der Waals surface area contributed by atoms with Crippen molar-refractivity contribution in [1.29, 1.82) is 0 Å². The first kappa shape index (κ1) is 17.7. The SMILES string of the molecule is C[C@@H](OC(=O)C[C@H]1Sc2ccccc2NC1=O)c1nnc(-c2cccs2)o1. The van der Waals surface area contributed by atoms with Crippen molar-refractivity contribution in [3.05, 3.63) is 47.7 Å². The number of para-hydroxylation sites is 1. The number of benzene rings is 1. The smallest absolute Gasteiger partial charge is 0.308 e. The van der Waals surface area contributed by atoms with Crippen LogP contribution in [0.3, 0.4) is 0 Å². The molecule has 27 heavy (non-hydrogen) atoms. The topological polar surface area (TPSA) is 94.3 Å². The third kappa shape index (κ3) is 3.88. The summed E-state index contributed by atoms with van der Waals surface area (Å²) >= 11 is 2.84. The third-order valence-corrected chi connectivity index (χ3v) is 6.02. The quantitative estimate of drug-likeness (QED) is 0.648. The maximum atomic E-state index is 12.3. The van der Waals surface area contributed by atoms with E-state index in [-0.39, 0.29) is 18.2 Å². The predicted molar refractivity (Wildman–Crippen MR) is 101 cm³/mol. The number of ether oxygens (including phenoxy) is 1. The van der Waals surface area contributed by atoms with Crippen LogP contribution in [0.5, 0.6) is 0 Å². The van der Waals surface area contributed by atoms with E-state index in [2.05, 4.69) is 15.5 Å². The largest absolute Gasteiger partial charge is 0.453 e. The van der Waals surface area contributed by atoms with E-state index in [1.165, 1.54) is 23.1 Å². The van der Waals surface area contributed by atoms with Crippen molar-refractivity contribution in [2.45, 2.75) is 29.6 Å². The summed E-state index contributed by atoms with van der Waals surface area (Å²) in [5.41, 5.74) is 0.762. The average molecular weight is 401 g/mol. The van der Waals surface area contributed by atoms with E-state index in [0.717, 1.165) is 15.5 Å². The molecule has 0 spiro atoms. The second-order valence-electron chi connectivity index (χ2n) is 5.85. The van der Waals surface area contributed by atoms with Crippen molar-refractivity contribution in [3.63, 3.8) is 0 Å². The fourth-order valence-electron chi connectivity index (χ4n) is 2.57. The number of amides is 1. The standard InChI is InChI=1S/C18H15N3O4S2/c1-10(17-20-21-18(25-17)13-7-4-8-26-13)24-15(22)9-14-16(23)19-11-5-2-3-6-12(11)27-14/h2-8,10,14H,9H2,1H3,(H,19,23)/t10-,14-/m1/s1. The minimum atomic E-state index is -0.692. The highest BCUT2D eigenvalue weighted by atomic mass is 32.2. The van der Waals surface area contributed by atoms with Crippen LogP contribution in [0.2, 0.25) is 0 Å². The molecule has 0 aliphatic carbocycles. The number of aromatic nitrogens is 2. The molecular weight excluding hydrogens is 386 g/mol. The maximum Gasteiger partial charge on any atom is 0.308 e. The Labute approximate surface area is 163 Å². The summed E-state index contributed by atoms with van der Waals surface area (Å²) in [5, 5.41) is 12.1. The first-order valence-corrected chi connectivity index (χ1v) is 9.99. The van der Waals surface area contributed by atoms with Crippen molar-refractivity contribution in [2.75, 3.05) is 5.32 Å². The number of carbonyl (C=O) groups is 2. The number of thiophene rings is 1. The van der Waals surface area contributed by atoms with Gasteiger partial charge in [0.2, 0.25) is 5.91 Å². The van der Waals surface area contributed by atoms with E-state index in [9.17, 15) is 9.59 Å². The zero-order valence-corrected chi connectivity index (χ0v) is 15.9. The lowest BCUT2D eigenvalue weighted by molar-refractivity contribution is -0.150. The average Bonchev–Trinajstić information content (AvgIpc) is 3.34. The van der Waals surface area contributed by atoms with E-state index in [1.807, 2.05) is 41.8 Å². The molecule has 7 nitrogen and oxygen atoms in total. The molecule has 4 rings (SSSR count). The summed E-state index contributed by atoms with van der Waals surface area (Å²) in [7, 11) is 0. The van der Waals surface area contributed by atoms with Gasteiger partial charge in [-0.3, -0.25) is 9.59 Å². The number of hydrogen-bond donors (Lipinski definition) is 1. The predicted octanol–water partition coefficient (Wildman–Crippen LogP) is 3.91. The molecule has 2 aromatic heterocycles. The van der Waals surface area contributed by atoms with Crippen LogP contribution in [-0.4, -0.2) is 27.3 Å². The normalized spacial score (nSPS) is 17.1. The summed E-state index contributed by atoms with van der Waals surface area (Å²) < 4.78 is 11.0. The zero-order chi connectivity index (χ0) is 18.8. The molecule has 0 fully saturated rings. The lowest BCUT2D eigenvalue weighted by atomic mass is 10.2. The van der Waals surface area contributed by atoms with Gasteiger partial charge in [0, 0.05) is 4.90 Å². The van der Waals surface area contributed by atoms with Gasteiger partial charge < -0.3 is 14.5 Å². The van der Waals surface area contributed by atoms with E-state index in [0.29, 0.717) is 5.89 Å². The van der Waals surface area contributed by atoms with Gasteiger partial charge in [0.05, 0.1) is 22.2 Å². The van der Waals surface area contributed by atoms with Crippen LogP contribution in [0, 0.1) is 0 Å². The molecule has 0 saturated carbocycles. The molecule has 1 amide bonds.